The summed E-state index contributed by atoms with van der Waals surface area (Å²) in [5, 5.41) is 3.02. The van der Waals surface area contributed by atoms with Crippen LogP contribution in [-0.4, -0.2) is 41.1 Å². The lowest BCUT2D eigenvalue weighted by Gasteiger charge is -2.07. The van der Waals surface area contributed by atoms with Gasteiger partial charge in [-0.3, -0.25) is 4.79 Å². The van der Waals surface area contributed by atoms with Crippen molar-refractivity contribution in [1.82, 2.24) is 4.72 Å². The highest BCUT2D eigenvalue weighted by molar-refractivity contribution is 7.89. The number of sulfonamides is 1. The van der Waals surface area contributed by atoms with Crippen LogP contribution in [0.1, 0.15) is 0 Å². The smallest absolute Gasteiger partial charge is 0.243 e. The molecule has 0 saturated carbocycles. The Morgan fingerprint density at radius 1 is 1.32 bits per heavy atom. The average molecular weight is 287 g/mol. The van der Waals surface area contributed by atoms with Crippen LogP contribution >= 0.6 is 0 Å². The van der Waals surface area contributed by atoms with Crippen LogP contribution in [0.4, 0.5) is 5.69 Å². The van der Waals surface area contributed by atoms with Crippen LogP contribution in [0.15, 0.2) is 29.2 Å². The molecule has 0 heterocycles. The van der Waals surface area contributed by atoms with E-state index in [9.17, 15) is 13.2 Å². The molecule has 0 saturated heterocycles. The number of amides is 1. The van der Waals surface area contributed by atoms with Crippen LogP contribution in [0.2, 0.25) is 0 Å². The first-order valence-electron chi connectivity index (χ1n) is 5.59. The fourth-order valence-corrected chi connectivity index (χ4v) is 2.04. The summed E-state index contributed by atoms with van der Waals surface area (Å²) in [6.07, 6.45) is 0. The van der Waals surface area contributed by atoms with Gasteiger partial charge in [0.05, 0.1) is 11.5 Å². The predicted molar refractivity (Wildman–Crippen MR) is 71.2 cm³/mol. The summed E-state index contributed by atoms with van der Waals surface area (Å²) < 4.78 is 30.2. The summed E-state index contributed by atoms with van der Waals surface area (Å²) in [5.41, 5.74) is 5.67. The Bertz CT molecular complexity index is 513. The molecule has 1 rings (SSSR count). The fraction of sp³-hybridized carbons (Fsp3) is 0.364. The van der Waals surface area contributed by atoms with E-state index in [-0.39, 0.29) is 11.5 Å². The minimum Gasteiger partial charge on any atom is -0.383 e. The molecule has 7 nitrogen and oxygen atoms in total. The van der Waals surface area contributed by atoms with E-state index >= 15 is 0 Å². The van der Waals surface area contributed by atoms with Crippen molar-refractivity contribution in [3.8, 4) is 0 Å². The molecule has 0 aliphatic heterocycles. The molecule has 8 heteroatoms. The fourth-order valence-electron chi connectivity index (χ4n) is 1.31. The third kappa shape index (κ3) is 5.25. The molecule has 106 valence electrons. The summed E-state index contributed by atoms with van der Waals surface area (Å²) in [5.74, 6) is -0.512. The van der Waals surface area contributed by atoms with Crippen molar-refractivity contribution in [1.29, 1.82) is 0 Å². The molecular weight excluding hydrogens is 270 g/mol. The second-order valence-corrected chi connectivity index (χ2v) is 5.56. The molecule has 0 radical (unpaired) electrons. The van der Waals surface area contributed by atoms with Crippen LogP contribution in [0, 0.1) is 0 Å². The van der Waals surface area contributed by atoms with Crippen LogP contribution in [0.25, 0.3) is 0 Å². The highest BCUT2D eigenvalue weighted by Crippen LogP contribution is 2.13. The Hall–Kier alpha value is -1.64. The normalized spacial score (nSPS) is 11.2. The van der Waals surface area contributed by atoms with Gasteiger partial charge in [-0.25, -0.2) is 13.1 Å². The molecule has 0 spiro atoms. The number of nitrogens with one attached hydrogen (secondary N) is 2. The zero-order chi connectivity index (χ0) is 14.3. The number of carbonyl (C=O) groups is 1. The Kier molecular flexibility index (Phi) is 5.74. The third-order valence-electron chi connectivity index (χ3n) is 2.25. The molecule has 0 aliphatic carbocycles. The maximum Gasteiger partial charge on any atom is 0.243 e. The van der Waals surface area contributed by atoms with E-state index in [4.69, 9.17) is 10.5 Å². The lowest BCUT2D eigenvalue weighted by atomic mass is 10.3. The molecule has 0 fully saturated rings. The molecular formula is C11H17N3O4S. The van der Waals surface area contributed by atoms with E-state index in [0.29, 0.717) is 13.2 Å². The molecule has 0 aromatic heterocycles. The highest BCUT2D eigenvalue weighted by Gasteiger charge is 2.09. The van der Waals surface area contributed by atoms with Crippen molar-refractivity contribution in [3.05, 3.63) is 24.3 Å². The topological polar surface area (TPSA) is 111 Å². The molecule has 0 bridgehead atoms. The SMILES string of the molecule is CNS(=O)(=O)c1ccc(NCCOCC(N)=O)cc1. The van der Waals surface area contributed by atoms with Gasteiger partial charge in [-0.2, -0.15) is 0 Å². The van der Waals surface area contributed by atoms with Gasteiger partial charge in [0.1, 0.15) is 6.61 Å². The Labute approximate surface area is 112 Å². The maximum atomic E-state index is 11.5. The van der Waals surface area contributed by atoms with Gasteiger partial charge in [0, 0.05) is 12.2 Å². The zero-order valence-corrected chi connectivity index (χ0v) is 11.4. The monoisotopic (exact) mass is 287 g/mol. The van der Waals surface area contributed by atoms with Gasteiger partial charge >= 0.3 is 0 Å². The number of hydrogen-bond donors (Lipinski definition) is 3. The zero-order valence-electron chi connectivity index (χ0n) is 10.5. The van der Waals surface area contributed by atoms with Crippen LogP contribution < -0.4 is 15.8 Å². The van der Waals surface area contributed by atoms with E-state index in [0.717, 1.165) is 5.69 Å². The number of nitrogens with two attached hydrogens (primary N) is 1. The number of anilines is 1. The maximum absolute atomic E-state index is 11.5. The van der Waals surface area contributed by atoms with Gasteiger partial charge in [-0.1, -0.05) is 0 Å². The van der Waals surface area contributed by atoms with Crippen molar-refractivity contribution >= 4 is 21.6 Å². The molecule has 1 amide bonds. The quantitative estimate of drug-likeness (QED) is 0.559. The lowest BCUT2D eigenvalue weighted by Crippen LogP contribution is -2.20. The number of ether oxygens (including phenoxy) is 1. The largest absolute Gasteiger partial charge is 0.383 e. The molecule has 0 atom stereocenters. The van der Waals surface area contributed by atoms with Crippen molar-refractivity contribution in [3.63, 3.8) is 0 Å². The molecule has 1 aromatic carbocycles. The van der Waals surface area contributed by atoms with Crippen LogP contribution in [0.3, 0.4) is 0 Å². The molecule has 0 unspecified atom stereocenters. The van der Waals surface area contributed by atoms with Gasteiger partial charge in [0.25, 0.3) is 0 Å². The minimum absolute atomic E-state index is 0.110. The van der Waals surface area contributed by atoms with Gasteiger partial charge in [0.15, 0.2) is 0 Å². The second kappa shape index (κ2) is 7.07. The van der Waals surface area contributed by atoms with E-state index < -0.39 is 15.9 Å². The first-order valence-corrected chi connectivity index (χ1v) is 7.07. The molecule has 1 aromatic rings. The summed E-state index contributed by atoms with van der Waals surface area (Å²) in [6.45, 7) is 0.714. The first kappa shape index (κ1) is 15.4. The number of benzene rings is 1. The second-order valence-electron chi connectivity index (χ2n) is 3.68. The first-order chi connectivity index (χ1) is 8.95. The van der Waals surface area contributed by atoms with Crippen molar-refractivity contribution in [2.75, 3.05) is 32.1 Å². The van der Waals surface area contributed by atoms with Crippen LogP contribution in [-0.2, 0) is 19.6 Å². The van der Waals surface area contributed by atoms with Crippen molar-refractivity contribution in [2.45, 2.75) is 4.90 Å². The molecule has 19 heavy (non-hydrogen) atoms. The Morgan fingerprint density at radius 3 is 2.47 bits per heavy atom. The van der Waals surface area contributed by atoms with E-state index in [1.165, 1.54) is 19.2 Å². The van der Waals surface area contributed by atoms with Crippen LogP contribution in [0.5, 0.6) is 0 Å². The van der Waals surface area contributed by atoms with Gasteiger partial charge in [-0.15, -0.1) is 0 Å². The minimum atomic E-state index is -3.41. The van der Waals surface area contributed by atoms with Gasteiger partial charge in [0.2, 0.25) is 15.9 Å². The standard InChI is InChI=1S/C11H17N3O4S/c1-13-19(16,17)10-4-2-9(3-5-10)14-6-7-18-8-11(12)15/h2-5,13-14H,6-8H2,1H3,(H2,12,15). The number of rotatable bonds is 8. The van der Waals surface area contributed by atoms with E-state index in [1.807, 2.05) is 0 Å². The van der Waals surface area contributed by atoms with E-state index in [2.05, 4.69) is 10.0 Å². The highest BCUT2D eigenvalue weighted by atomic mass is 32.2. The van der Waals surface area contributed by atoms with Crippen molar-refractivity contribution in [2.24, 2.45) is 5.73 Å². The Morgan fingerprint density at radius 2 is 1.95 bits per heavy atom. The lowest BCUT2D eigenvalue weighted by molar-refractivity contribution is -0.122. The Balaban J connectivity index is 2.43. The number of hydrogen-bond acceptors (Lipinski definition) is 5. The summed E-state index contributed by atoms with van der Waals surface area (Å²) in [6, 6.07) is 6.30. The molecule has 4 N–H and O–H groups in total. The number of carbonyl (C=O) groups excluding carboxylic acids is 1. The summed E-state index contributed by atoms with van der Waals surface area (Å²) in [4.78, 5) is 10.6. The average Bonchev–Trinajstić information content (AvgIpc) is 2.38. The number of primary amides is 1. The summed E-state index contributed by atoms with van der Waals surface area (Å²) in [7, 11) is -2.05. The van der Waals surface area contributed by atoms with Gasteiger partial charge in [-0.05, 0) is 31.3 Å². The van der Waals surface area contributed by atoms with Gasteiger partial charge < -0.3 is 15.8 Å². The van der Waals surface area contributed by atoms with E-state index in [1.54, 1.807) is 12.1 Å². The third-order valence-corrected chi connectivity index (χ3v) is 3.68. The molecule has 0 aliphatic rings. The predicted octanol–water partition coefficient (Wildman–Crippen LogP) is -0.491. The summed E-state index contributed by atoms with van der Waals surface area (Å²) >= 11 is 0. The van der Waals surface area contributed by atoms with Crippen molar-refractivity contribution < 1.29 is 17.9 Å².